The van der Waals surface area contributed by atoms with Gasteiger partial charge in [0.05, 0.1) is 0 Å². The molecule has 0 atom stereocenters. The summed E-state index contributed by atoms with van der Waals surface area (Å²) in [5, 5.41) is 0. The molecule has 0 rings (SSSR count). The van der Waals surface area contributed by atoms with Crippen molar-refractivity contribution in [2.24, 2.45) is 9.98 Å². The molecule has 0 aromatic carbocycles. The number of aliphatic imine (C=N–C) groups is 2. The van der Waals surface area contributed by atoms with Crippen LogP contribution < -0.4 is 0 Å². The van der Waals surface area contributed by atoms with E-state index in [1.54, 1.807) is 7.05 Å². The van der Waals surface area contributed by atoms with Crippen LogP contribution in [0.3, 0.4) is 0 Å². The average molecular weight is 152 g/mol. The monoisotopic (exact) mass is 152 g/mol. The molecule has 0 N–H and O–H groups in total. The molecular formula is C9H16N2. The van der Waals surface area contributed by atoms with Crippen molar-refractivity contribution < 1.29 is 0 Å². The van der Waals surface area contributed by atoms with Crippen LogP contribution in [0.15, 0.2) is 22.3 Å². The third-order valence-electron chi connectivity index (χ3n) is 1.20. The first-order chi connectivity index (χ1) is 5.31. The van der Waals surface area contributed by atoms with Crippen LogP contribution in [0, 0.1) is 0 Å². The van der Waals surface area contributed by atoms with E-state index >= 15 is 0 Å². The van der Waals surface area contributed by atoms with Gasteiger partial charge < -0.3 is 4.99 Å². The lowest BCUT2D eigenvalue weighted by molar-refractivity contribution is 1.00. The van der Waals surface area contributed by atoms with Crippen molar-refractivity contribution in [3.63, 3.8) is 0 Å². The molecule has 11 heavy (non-hydrogen) atoms. The molecule has 0 heterocycles. The molecule has 0 fully saturated rings. The molecule has 0 unspecified atom stereocenters. The predicted molar refractivity (Wildman–Crippen MR) is 51.6 cm³/mol. The number of nitrogens with zero attached hydrogens (tertiary/aromatic N) is 2. The predicted octanol–water partition coefficient (Wildman–Crippen LogP) is 2.46. The summed E-state index contributed by atoms with van der Waals surface area (Å²) in [7, 11) is 1.75. The number of hydrogen-bond donors (Lipinski definition) is 0. The first-order valence-corrected chi connectivity index (χ1v) is 3.92. The zero-order valence-corrected chi connectivity index (χ0v) is 7.38. The lowest BCUT2D eigenvalue weighted by Gasteiger charge is -1.91. The molecule has 0 bridgehead atoms. The second-order valence-corrected chi connectivity index (χ2v) is 2.31. The molecule has 0 radical (unpaired) electrons. The topological polar surface area (TPSA) is 24.7 Å². The third kappa shape index (κ3) is 6.97. The molecule has 2 nitrogen and oxygen atoms in total. The first-order valence-electron chi connectivity index (χ1n) is 3.92. The summed E-state index contributed by atoms with van der Waals surface area (Å²) >= 11 is 0. The average Bonchev–Trinajstić information content (AvgIpc) is 2.01. The Morgan fingerprint density at radius 3 is 2.73 bits per heavy atom. The molecular weight excluding hydrogens is 136 g/mol. The van der Waals surface area contributed by atoms with E-state index in [1.165, 1.54) is 0 Å². The Kier molecular flexibility index (Phi) is 6.59. The second kappa shape index (κ2) is 7.19. The fraction of sp³-hybridized carbons (Fsp3) is 0.556. The Balaban J connectivity index is 3.51. The van der Waals surface area contributed by atoms with E-state index in [0.717, 1.165) is 25.0 Å². The number of allylic oxidation sites excluding steroid dienone is 1. The van der Waals surface area contributed by atoms with Crippen LogP contribution >= 0.6 is 0 Å². The largest absolute Gasteiger partial charge is 0.300 e. The molecule has 0 saturated heterocycles. The summed E-state index contributed by atoms with van der Waals surface area (Å²) in [5.41, 5.74) is 0.879. The van der Waals surface area contributed by atoms with Crippen molar-refractivity contribution in [1.29, 1.82) is 0 Å². The highest BCUT2D eigenvalue weighted by Crippen LogP contribution is 1.96. The van der Waals surface area contributed by atoms with Crippen LogP contribution in [-0.4, -0.2) is 19.5 Å². The van der Waals surface area contributed by atoms with Crippen LogP contribution in [0.5, 0.6) is 0 Å². The van der Waals surface area contributed by atoms with Gasteiger partial charge in [0.1, 0.15) is 0 Å². The maximum atomic E-state index is 4.14. The number of rotatable bonds is 5. The van der Waals surface area contributed by atoms with E-state index in [-0.39, 0.29) is 0 Å². The van der Waals surface area contributed by atoms with E-state index in [0.29, 0.717) is 0 Å². The van der Waals surface area contributed by atoms with Gasteiger partial charge in [-0.3, -0.25) is 4.99 Å². The fourth-order valence-corrected chi connectivity index (χ4v) is 0.572. The summed E-state index contributed by atoms with van der Waals surface area (Å²) in [5.74, 6) is 0. The van der Waals surface area contributed by atoms with Gasteiger partial charge >= 0.3 is 0 Å². The van der Waals surface area contributed by atoms with E-state index in [2.05, 4.69) is 23.5 Å². The standard InChI is InChI=1S/C9H16N2/c1-4-5-7-11-9(2)6-8-10-3/h7-8H,2,4-6H2,1,3H3. The maximum Gasteiger partial charge on any atom is 0.0381 e. The zero-order chi connectivity index (χ0) is 8.53. The Bertz CT molecular complexity index is 157. The lowest BCUT2D eigenvalue weighted by atomic mass is 10.3. The van der Waals surface area contributed by atoms with Crippen LogP contribution in [0.25, 0.3) is 0 Å². The highest BCUT2D eigenvalue weighted by molar-refractivity contribution is 5.63. The SMILES string of the molecule is C=C(CC=NC)N=CCCC. The number of hydrogen-bond acceptors (Lipinski definition) is 2. The van der Waals surface area contributed by atoms with Crippen LogP contribution in [0.4, 0.5) is 0 Å². The van der Waals surface area contributed by atoms with E-state index in [4.69, 9.17) is 0 Å². The summed E-state index contributed by atoms with van der Waals surface area (Å²) in [6.07, 6.45) is 6.65. The molecule has 0 saturated carbocycles. The lowest BCUT2D eigenvalue weighted by Crippen LogP contribution is -1.80. The van der Waals surface area contributed by atoms with Gasteiger partial charge in [0, 0.05) is 31.6 Å². The summed E-state index contributed by atoms with van der Waals surface area (Å²) in [6.45, 7) is 5.90. The molecule has 0 spiro atoms. The second-order valence-electron chi connectivity index (χ2n) is 2.31. The molecule has 2 heteroatoms. The van der Waals surface area contributed by atoms with E-state index in [9.17, 15) is 0 Å². The number of unbranched alkanes of at least 4 members (excludes halogenated alkanes) is 1. The Morgan fingerprint density at radius 1 is 1.45 bits per heavy atom. The quantitative estimate of drug-likeness (QED) is 0.541. The maximum absolute atomic E-state index is 4.14. The molecule has 0 aromatic rings. The van der Waals surface area contributed by atoms with E-state index < -0.39 is 0 Å². The van der Waals surface area contributed by atoms with Crippen LogP contribution in [0.1, 0.15) is 26.2 Å². The third-order valence-corrected chi connectivity index (χ3v) is 1.20. The van der Waals surface area contributed by atoms with Gasteiger partial charge in [-0.05, 0) is 6.42 Å². The van der Waals surface area contributed by atoms with E-state index in [1.807, 2.05) is 12.4 Å². The zero-order valence-electron chi connectivity index (χ0n) is 7.38. The Labute approximate surface area is 68.8 Å². The van der Waals surface area contributed by atoms with Crippen molar-refractivity contribution >= 4 is 12.4 Å². The highest BCUT2D eigenvalue weighted by atomic mass is 14.7. The highest BCUT2D eigenvalue weighted by Gasteiger charge is 1.83. The van der Waals surface area contributed by atoms with Gasteiger partial charge in [-0.25, -0.2) is 0 Å². The Morgan fingerprint density at radius 2 is 2.18 bits per heavy atom. The smallest absolute Gasteiger partial charge is 0.0381 e. The van der Waals surface area contributed by atoms with Gasteiger partial charge in [-0.1, -0.05) is 19.9 Å². The van der Waals surface area contributed by atoms with Crippen LogP contribution in [0.2, 0.25) is 0 Å². The van der Waals surface area contributed by atoms with Gasteiger partial charge in [-0.15, -0.1) is 0 Å². The van der Waals surface area contributed by atoms with Crippen molar-refractivity contribution in [2.45, 2.75) is 26.2 Å². The molecule has 0 aromatic heterocycles. The van der Waals surface area contributed by atoms with Gasteiger partial charge in [0.25, 0.3) is 0 Å². The summed E-state index contributed by atoms with van der Waals surface area (Å²) < 4.78 is 0. The van der Waals surface area contributed by atoms with Gasteiger partial charge in [0.2, 0.25) is 0 Å². The molecule has 0 aliphatic rings. The van der Waals surface area contributed by atoms with Crippen molar-refractivity contribution in [1.82, 2.24) is 0 Å². The minimum absolute atomic E-state index is 0.761. The van der Waals surface area contributed by atoms with Crippen molar-refractivity contribution in [3.05, 3.63) is 12.3 Å². The molecule has 0 aliphatic carbocycles. The Hall–Kier alpha value is -0.920. The summed E-state index contributed by atoms with van der Waals surface area (Å²) in [6, 6.07) is 0. The molecule has 62 valence electrons. The van der Waals surface area contributed by atoms with Crippen molar-refractivity contribution in [3.8, 4) is 0 Å². The summed E-state index contributed by atoms with van der Waals surface area (Å²) in [4.78, 5) is 7.98. The van der Waals surface area contributed by atoms with Gasteiger partial charge in [-0.2, -0.15) is 0 Å². The molecule has 0 amide bonds. The minimum Gasteiger partial charge on any atom is -0.300 e. The first kappa shape index (κ1) is 10.1. The van der Waals surface area contributed by atoms with Gasteiger partial charge in [0.15, 0.2) is 0 Å². The fourth-order valence-electron chi connectivity index (χ4n) is 0.572. The molecule has 0 aliphatic heterocycles. The normalized spacial score (nSPS) is 11.5. The minimum atomic E-state index is 0.761. The van der Waals surface area contributed by atoms with Crippen LogP contribution in [-0.2, 0) is 0 Å². The van der Waals surface area contributed by atoms with Crippen molar-refractivity contribution in [2.75, 3.05) is 7.05 Å².